The van der Waals surface area contributed by atoms with Gasteiger partial charge in [-0.05, 0) is 38.1 Å². The lowest BCUT2D eigenvalue weighted by Crippen LogP contribution is -2.38. The highest BCUT2D eigenvalue weighted by atomic mass is 35.5. The Morgan fingerprint density at radius 2 is 1.84 bits per heavy atom. The molecule has 2 rings (SSSR count). The molecular weight excluding hydrogens is 264 g/mol. The molecule has 1 amide bonds. The standard InChI is InChI=1S/C14H20N2O2.ClH/c17-14(18-13-7-3-1-4-8-13)15-9-12-16-10-5-2-6-11-16;/h1,3-4,7-8H,2,5-6,9-12H2,(H,15,17);1H. The third-order valence-corrected chi connectivity index (χ3v) is 3.10. The van der Waals surface area contributed by atoms with E-state index in [0.717, 1.165) is 19.6 Å². The van der Waals surface area contributed by atoms with E-state index in [1.54, 1.807) is 12.1 Å². The third kappa shape index (κ3) is 5.94. The van der Waals surface area contributed by atoms with E-state index in [1.165, 1.54) is 19.3 Å². The van der Waals surface area contributed by atoms with Gasteiger partial charge in [0.1, 0.15) is 5.75 Å². The number of ether oxygens (including phenoxy) is 1. The fourth-order valence-corrected chi connectivity index (χ4v) is 2.13. The number of carbonyl (C=O) groups excluding carboxylic acids is 1. The number of rotatable bonds is 4. The van der Waals surface area contributed by atoms with Gasteiger partial charge in [0, 0.05) is 13.1 Å². The van der Waals surface area contributed by atoms with Gasteiger partial charge in [0.25, 0.3) is 0 Å². The van der Waals surface area contributed by atoms with E-state index in [4.69, 9.17) is 4.74 Å². The van der Waals surface area contributed by atoms with Crippen LogP contribution >= 0.6 is 12.4 Å². The second-order valence-electron chi connectivity index (χ2n) is 4.53. The minimum absolute atomic E-state index is 0. The first-order valence-corrected chi connectivity index (χ1v) is 6.58. The molecule has 1 aliphatic heterocycles. The number of benzene rings is 1. The number of para-hydroxylation sites is 1. The number of carbonyl (C=O) groups is 1. The Balaban J connectivity index is 0.00000180. The largest absolute Gasteiger partial charge is 0.412 e. The van der Waals surface area contributed by atoms with Crippen LogP contribution in [0, 0.1) is 0 Å². The fourth-order valence-electron chi connectivity index (χ4n) is 2.13. The van der Waals surface area contributed by atoms with Crippen molar-refractivity contribution in [3.05, 3.63) is 30.3 Å². The number of hydrogen-bond donors (Lipinski definition) is 1. The lowest BCUT2D eigenvalue weighted by molar-refractivity contribution is 0.193. The highest BCUT2D eigenvalue weighted by Crippen LogP contribution is 2.08. The van der Waals surface area contributed by atoms with Crippen molar-refractivity contribution in [1.82, 2.24) is 10.2 Å². The van der Waals surface area contributed by atoms with Gasteiger partial charge in [-0.3, -0.25) is 0 Å². The Bertz CT molecular complexity index is 367. The molecule has 0 radical (unpaired) electrons. The van der Waals surface area contributed by atoms with Crippen molar-refractivity contribution in [2.45, 2.75) is 19.3 Å². The van der Waals surface area contributed by atoms with Crippen molar-refractivity contribution in [3.8, 4) is 5.75 Å². The molecule has 1 saturated heterocycles. The van der Waals surface area contributed by atoms with E-state index in [2.05, 4.69) is 10.2 Å². The quantitative estimate of drug-likeness (QED) is 0.924. The summed E-state index contributed by atoms with van der Waals surface area (Å²) in [6, 6.07) is 9.11. The maximum absolute atomic E-state index is 11.5. The number of likely N-dealkylation sites (tertiary alicyclic amines) is 1. The van der Waals surface area contributed by atoms with Crippen molar-refractivity contribution in [2.75, 3.05) is 26.2 Å². The predicted molar refractivity (Wildman–Crippen MR) is 78.0 cm³/mol. The Morgan fingerprint density at radius 3 is 2.53 bits per heavy atom. The summed E-state index contributed by atoms with van der Waals surface area (Å²) in [5, 5.41) is 2.78. The molecule has 1 fully saturated rings. The lowest BCUT2D eigenvalue weighted by Gasteiger charge is -2.26. The topological polar surface area (TPSA) is 41.6 Å². The van der Waals surface area contributed by atoms with Gasteiger partial charge < -0.3 is 15.0 Å². The first-order chi connectivity index (χ1) is 8.84. The van der Waals surface area contributed by atoms with E-state index in [-0.39, 0.29) is 18.5 Å². The zero-order valence-corrected chi connectivity index (χ0v) is 11.8. The minimum Gasteiger partial charge on any atom is -0.410 e. The van der Waals surface area contributed by atoms with Gasteiger partial charge in [0.15, 0.2) is 0 Å². The molecule has 0 spiro atoms. The zero-order valence-electron chi connectivity index (χ0n) is 11.0. The molecular formula is C14H21ClN2O2. The first kappa shape index (κ1) is 15.8. The van der Waals surface area contributed by atoms with Crippen LogP contribution in [0.2, 0.25) is 0 Å². The Kier molecular flexibility index (Phi) is 7.30. The number of piperidine rings is 1. The van der Waals surface area contributed by atoms with Crippen LogP contribution in [-0.4, -0.2) is 37.2 Å². The number of amides is 1. The van der Waals surface area contributed by atoms with Crippen LogP contribution in [0.1, 0.15) is 19.3 Å². The molecule has 4 nitrogen and oxygen atoms in total. The summed E-state index contributed by atoms with van der Waals surface area (Å²) in [5.41, 5.74) is 0. The minimum atomic E-state index is -0.377. The number of halogens is 1. The lowest BCUT2D eigenvalue weighted by atomic mass is 10.1. The second kappa shape index (κ2) is 8.77. The van der Waals surface area contributed by atoms with Gasteiger partial charge in [-0.15, -0.1) is 12.4 Å². The summed E-state index contributed by atoms with van der Waals surface area (Å²) in [6.45, 7) is 3.85. The summed E-state index contributed by atoms with van der Waals surface area (Å²) < 4.78 is 5.14. The summed E-state index contributed by atoms with van der Waals surface area (Å²) in [5.74, 6) is 0.577. The van der Waals surface area contributed by atoms with Crippen molar-refractivity contribution in [2.24, 2.45) is 0 Å². The molecule has 0 bridgehead atoms. The maximum atomic E-state index is 11.5. The second-order valence-corrected chi connectivity index (χ2v) is 4.53. The number of nitrogens with one attached hydrogen (secondary N) is 1. The van der Waals surface area contributed by atoms with Crippen LogP contribution in [0.3, 0.4) is 0 Å². The Hall–Kier alpha value is -1.26. The van der Waals surface area contributed by atoms with Gasteiger partial charge in [-0.2, -0.15) is 0 Å². The average Bonchev–Trinajstić information content (AvgIpc) is 2.41. The smallest absolute Gasteiger partial charge is 0.410 e. The molecule has 19 heavy (non-hydrogen) atoms. The maximum Gasteiger partial charge on any atom is 0.412 e. The average molecular weight is 285 g/mol. The van der Waals surface area contributed by atoms with Crippen molar-refractivity contribution >= 4 is 18.5 Å². The summed E-state index contributed by atoms with van der Waals surface area (Å²) in [6.07, 6.45) is 3.50. The molecule has 0 unspecified atom stereocenters. The van der Waals surface area contributed by atoms with E-state index >= 15 is 0 Å². The molecule has 1 aliphatic rings. The van der Waals surface area contributed by atoms with Crippen LogP contribution in [-0.2, 0) is 0 Å². The van der Waals surface area contributed by atoms with Crippen molar-refractivity contribution in [3.63, 3.8) is 0 Å². The normalized spacial score (nSPS) is 15.4. The third-order valence-electron chi connectivity index (χ3n) is 3.10. The number of hydrogen-bond acceptors (Lipinski definition) is 3. The fraction of sp³-hybridized carbons (Fsp3) is 0.500. The first-order valence-electron chi connectivity index (χ1n) is 6.58. The van der Waals surface area contributed by atoms with Crippen LogP contribution in [0.15, 0.2) is 30.3 Å². The van der Waals surface area contributed by atoms with Gasteiger partial charge in [0.05, 0.1) is 0 Å². The highest BCUT2D eigenvalue weighted by Gasteiger charge is 2.10. The SMILES string of the molecule is Cl.O=C(NCCN1CCCCC1)Oc1ccccc1. The molecule has 0 aromatic heterocycles. The van der Waals surface area contributed by atoms with Crippen LogP contribution in [0.25, 0.3) is 0 Å². The van der Waals surface area contributed by atoms with E-state index < -0.39 is 0 Å². The van der Waals surface area contributed by atoms with Crippen molar-refractivity contribution in [1.29, 1.82) is 0 Å². The Labute approximate surface area is 120 Å². The molecule has 5 heteroatoms. The summed E-state index contributed by atoms with van der Waals surface area (Å²) in [4.78, 5) is 13.9. The zero-order chi connectivity index (χ0) is 12.6. The monoisotopic (exact) mass is 284 g/mol. The van der Waals surface area contributed by atoms with Crippen LogP contribution < -0.4 is 10.1 Å². The molecule has 0 atom stereocenters. The number of nitrogens with zero attached hydrogens (tertiary/aromatic N) is 1. The molecule has 1 N–H and O–H groups in total. The van der Waals surface area contributed by atoms with Gasteiger partial charge in [0.2, 0.25) is 0 Å². The van der Waals surface area contributed by atoms with Crippen molar-refractivity contribution < 1.29 is 9.53 Å². The molecule has 1 heterocycles. The molecule has 0 saturated carbocycles. The van der Waals surface area contributed by atoms with Crippen LogP contribution in [0.5, 0.6) is 5.75 Å². The van der Waals surface area contributed by atoms with Gasteiger partial charge in [-0.25, -0.2) is 4.79 Å². The van der Waals surface area contributed by atoms with E-state index in [0.29, 0.717) is 12.3 Å². The summed E-state index contributed by atoms with van der Waals surface area (Å²) >= 11 is 0. The van der Waals surface area contributed by atoms with Gasteiger partial charge in [-0.1, -0.05) is 24.6 Å². The van der Waals surface area contributed by atoms with Crippen LogP contribution in [0.4, 0.5) is 4.79 Å². The predicted octanol–water partition coefficient (Wildman–Crippen LogP) is 2.68. The van der Waals surface area contributed by atoms with Gasteiger partial charge >= 0.3 is 6.09 Å². The molecule has 1 aromatic rings. The highest BCUT2D eigenvalue weighted by molar-refractivity contribution is 5.85. The summed E-state index contributed by atoms with van der Waals surface area (Å²) in [7, 11) is 0. The molecule has 1 aromatic carbocycles. The van der Waals surface area contributed by atoms with E-state index in [9.17, 15) is 4.79 Å². The van der Waals surface area contributed by atoms with E-state index in [1.807, 2.05) is 18.2 Å². The molecule has 106 valence electrons. The Morgan fingerprint density at radius 1 is 1.16 bits per heavy atom. The molecule has 0 aliphatic carbocycles.